The van der Waals surface area contributed by atoms with E-state index in [0.29, 0.717) is 12.1 Å². The molecule has 0 aromatic heterocycles. The fraction of sp³-hybridized carbons (Fsp3) is 0.933. The molecule has 3 rings (SSSR count). The largest absolute Gasteiger partial charge is 0.368 e. The topological polar surface area (TPSA) is 53.6 Å². The van der Waals surface area contributed by atoms with Crippen molar-refractivity contribution in [3.05, 3.63) is 0 Å². The van der Waals surface area contributed by atoms with Crippen LogP contribution in [0.25, 0.3) is 0 Å². The summed E-state index contributed by atoms with van der Waals surface area (Å²) in [6.07, 6.45) is 5.27. The van der Waals surface area contributed by atoms with Gasteiger partial charge in [-0.15, -0.1) is 24.8 Å². The second kappa shape index (κ2) is 8.15. The molecule has 2 saturated heterocycles. The van der Waals surface area contributed by atoms with Crippen molar-refractivity contribution in [2.24, 2.45) is 0 Å². The maximum absolute atomic E-state index is 12.6. The molecule has 22 heavy (non-hydrogen) atoms. The fourth-order valence-corrected chi connectivity index (χ4v) is 3.75. The number of amides is 1. The molecule has 1 amide bonds. The number of ether oxygens (including phenoxy) is 1. The smallest absolute Gasteiger partial charge is 0.252 e. The van der Waals surface area contributed by atoms with Crippen LogP contribution < -0.4 is 10.6 Å². The third-order valence-electron chi connectivity index (χ3n) is 5.19. The quantitative estimate of drug-likeness (QED) is 0.800. The number of rotatable bonds is 4. The summed E-state index contributed by atoms with van der Waals surface area (Å²) in [6, 6.07) is 1.67. The Hall–Kier alpha value is -0.0700. The molecule has 5 nitrogen and oxygen atoms in total. The van der Waals surface area contributed by atoms with Gasteiger partial charge in [0.2, 0.25) is 0 Å². The second-order valence-corrected chi connectivity index (χ2v) is 6.63. The summed E-state index contributed by atoms with van der Waals surface area (Å²) in [6.45, 7) is 5.00. The van der Waals surface area contributed by atoms with E-state index in [1.165, 1.54) is 12.8 Å². The highest BCUT2D eigenvalue weighted by Gasteiger charge is 2.43. The summed E-state index contributed by atoms with van der Waals surface area (Å²) >= 11 is 0. The molecule has 0 aromatic carbocycles. The third kappa shape index (κ3) is 4.06. The number of likely N-dealkylation sites (tertiary alicyclic amines) is 1. The van der Waals surface area contributed by atoms with Gasteiger partial charge in [-0.05, 0) is 52.1 Å². The van der Waals surface area contributed by atoms with Crippen molar-refractivity contribution in [2.45, 2.75) is 62.8 Å². The monoisotopic (exact) mass is 353 g/mol. The maximum atomic E-state index is 12.6. The molecule has 0 spiro atoms. The number of carbonyl (C=O) groups is 1. The predicted octanol–water partition coefficient (Wildman–Crippen LogP) is 1.34. The first-order valence-corrected chi connectivity index (χ1v) is 7.97. The summed E-state index contributed by atoms with van der Waals surface area (Å²) in [7, 11) is 1.67. The molecule has 2 unspecified atom stereocenters. The Balaban J connectivity index is 0.00000121. The molecule has 2 N–H and O–H groups in total. The van der Waals surface area contributed by atoms with Crippen molar-refractivity contribution in [3.63, 3.8) is 0 Å². The van der Waals surface area contributed by atoms with Gasteiger partial charge in [-0.3, -0.25) is 9.69 Å². The Morgan fingerprint density at radius 2 is 1.91 bits per heavy atom. The average molecular weight is 354 g/mol. The molecule has 0 bridgehead atoms. The number of halogens is 2. The highest BCUT2D eigenvalue weighted by molar-refractivity contribution is 5.86. The van der Waals surface area contributed by atoms with E-state index in [4.69, 9.17) is 4.74 Å². The number of methoxy groups -OCH3 is 1. The first-order valence-electron chi connectivity index (χ1n) is 7.97. The van der Waals surface area contributed by atoms with Crippen molar-refractivity contribution >= 4 is 30.7 Å². The van der Waals surface area contributed by atoms with E-state index in [1.807, 2.05) is 0 Å². The molecule has 130 valence electrons. The Bertz CT molecular complexity index is 374. The second-order valence-electron chi connectivity index (χ2n) is 6.63. The van der Waals surface area contributed by atoms with Crippen LogP contribution >= 0.6 is 24.8 Å². The number of hydrogen-bond donors (Lipinski definition) is 2. The molecule has 1 saturated carbocycles. The van der Waals surface area contributed by atoms with Gasteiger partial charge < -0.3 is 15.4 Å². The number of piperidine rings is 1. The Morgan fingerprint density at radius 1 is 1.27 bits per heavy atom. The van der Waals surface area contributed by atoms with E-state index in [2.05, 4.69) is 22.5 Å². The zero-order valence-corrected chi connectivity index (χ0v) is 15.1. The summed E-state index contributed by atoms with van der Waals surface area (Å²) < 4.78 is 5.60. The van der Waals surface area contributed by atoms with Gasteiger partial charge in [0.25, 0.3) is 5.91 Å². The van der Waals surface area contributed by atoms with Gasteiger partial charge in [-0.2, -0.15) is 0 Å². The van der Waals surface area contributed by atoms with Crippen molar-refractivity contribution in [2.75, 3.05) is 26.7 Å². The zero-order valence-electron chi connectivity index (χ0n) is 13.5. The van der Waals surface area contributed by atoms with Crippen molar-refractivity contribution < 1.29 is 9.53 Å². The lowest BCUT2D eigenvalue weighted by Crippen LogP contribution is -2.56. The molecular formula is C15H29Cl2N3O2. The molecule has 7 heteroatoms. The van der Waals surface area contributed by atoms with Crippen molar-refractivity contribution in [3.8, 4) is 0 Å². The maximum Gasteiger partial charge on any atom is 0.252 e. The Kier molecular flexibility index (Phi) is 7.40. The fourth-order valence-electron chi connectivity index (χ4n) is 3.75. The third-order valence-corrected chi connectivity index (χ3v) is 5.19. The molecule has 2 aliphatic heterocycles. The van der Waals surface area contributed by atoms with Gasteiger partial charge in [0.05, 0.1) is 0 Å². The van der Waals surface area contributed by atoms with E-state index in [-0.39, 0.29) is 30.7 Å². The number of nitrogens with zero attached hydrogens (tertiary/aromatic N) is 1. The molecule has 1 aliphatic carbocycles. The molecule has 3 fully saturated rings. The summed E-state index contributed by atoms with van der Waals surface area (Å²) in [5.74, 6) is 0.0938. The molecular weight excluding hydrogens is 325 g/mol. The van der Waals surface area contributed by atoms with Gasteiger partial charge in [-0.25, -0.2) is 0 Å². The molecule has 0 radical (unpaired) electrons. The minimum absolute atomic E-state index is 0. The van der Waals surface area contributed by atoms with Crippen LogP contribution in [-0.4, -0.2) is 61.3 Å². The number of hydrogen-bond acceptors (Lipinski definition) is 4. The standard InChI is InChI=1S/C15H27N3O2.2ClH/c1-11-9-12(10-18(11)13-3-4-13)17-14(19)15(20-2)5-7-16-8-6-15;;/h11-13,16H,3-10H2,1-2H3,(H,17,19);2*1H. The van der Waals surface area contributed by atoms with Crippen LogP contribution in [0.4, 0.5) is 0 Å². The number of nitrogens with one attached hydrogen (secondary N) is 2. The highest BCUT2D eigenvalue weighted by atomic mass is 35.5. The van der Waals surface area contributed by atoms with Crippen molar-refractivity contribution in [1.29, 1.82) is 0 Å². The van der Waals surface area contributed by atoms with Crippen LogP contribution in [0.3, 0.4) is 0 Å². The minimum Gasteiger partial charge on any atom is -0.368 e. The van der Waals surface area contributed by atoms with Crippen LogP contribution in [0.2, 0.25) is 0 Å². The van der Waals surface area contributed by atoms with E-state index < -0.39 is 5.60 Å². The van der Waals surface area contributed by atoms with Gasteiger partial charge >= 0.3 is 0 Å². The zero-order chi connectivity index (χ0) is 14.2. The minimum atomic E-state index is -0.610. The lowest BCUT2D eigenvalue weighted by atomic mass is 9.90. The van der Waals surface area contributed by atoms with Crippen molar-refractivity contribution in [1.82, 2.24) is 15.5 Å². The normalized spacial score (nSPS) is 31.0. The van der Waals surface area contributed by atoms with E-state index >= 15 is 0 Å². The first kappa shape index (κ1) is 20.0. The predicted molar refractivity (Wildman–Crippen MR) is 92.1 cm³/mol. The van der Waals surface area contributed by atoms with Crippen LogP contribution in [0.5, 0.6) is 0 Å². The SMILES string of the molecule is COC1(C(=O)NC2CC(C)N(C3CC3)C2)CCNCC1.Cl.Cl. The van der Waals surface area contributed by atoms with E-state index in [1.54, 1.807) is 7.11 Å². The van der Waals surface area contributed by atoms with Gasteiger partial charge in [0, 0.05) is 31.8 Å². The Morgan fingerprint density at radius 3 is 2.45 bits per heavy atom. The van der Waals surface area contributed by atoms with E-state index in [9.17, 15) is 4.79 Å². The lowest BCUT2D eigenvalue weighted by molar-refractivity contribution is -0.147. The summed E-state index contributed by atoms with van der Waals surface area (Å²) in [5, 5.41) is 6.54. The summed E-state index contributed by atoms with van der Waals surface area (Å²) in [4.78, 5) is 15.2. The molecule has 2 atom stereocenters. The Labute approximate surface area is 145 Å². The van der Waals surface area contributed by atoms with Gasteiger partial charge in [0.1, 0.15) is 5.60 Å². The van der Waals surface area contributed by atoms with Crippen LogP contribution in [0.1, 0.15) is 39.0 Å². The highest BCUT2D eigenvalue weighted by Crippen LogP contribution is 2.33. The number of carbonyl (C=O) groups excluding carboxylic acids is 1. The average Bonchev–Trinajstić information content (AvgIpc) is 3.24. The lowest BCUT2D eigenvalue weighted by Gasteiger charge is -2.35. The van der Waals surface area contributed by atoms with Crippen LogP contribution in [-0.2, 0) is 9.53 Å². The van der Waals surface area contributed by atoms with Crippen LogP contribution in [0, 0.1) is 0 Å². The summed E-state index contributed by atoms with van der Waals surface area (Å²) in [5.41, 5.74) is -0.610. The van der Waals surface area contributed by atoms with Crippen LogP contribution in [0.15, 0.2) is 0 Å². The van der Waals surface area contributed by atoms with Gasteiger partial charge in [0.15, 0.2) is 0 Å². The first-order chi connectivity index (χ1) is 9.64. The van der Waals surface area contributed by atoms with Gasteiger partial charge in [-0.1, -0.05) is 0 Å². The van der Waals surface area contributed by atoms with E-state index in [0.717, 1.165) is 44.9 Å². The molecule has 0 aromatic rings. The molecule has 3 aliphatic rings. The molecule has 2 heterocycles.